The van der Waals surface area contributed by atoms with Crippen molar-refractivity contribution in [2.45, 2.75) is 39.3 Å². The molecule has 0 radical (unpaired) electrons. The van der Waals surface area contributed by atoms with Crippen molar-refractivity contribution >= 4 is 6.03 Å². The molecular formula is C9H18N2O. The second-order valence-electron chi connectivity index (χ2n) is 3.70. The molecule has 1 fully saturated rings. The third-order valence-corrected chi connectivity index (χ3v) is 2.60. The molecule has 0 aromatic rings. The SMILES string of the molecule is CCC1CN(C(C)C)C(=O)N1C. The molecule has 0 aromatic carbocycles. The number of likely N-dealkylation sites (N-methyl/N-ethyl adjacent to an activating group) is 1. The van der Waals surface area contributed by atoms with Crippen molar-refractivity contribution in [2.75, 3.05) is 13.6 Å². The van der Waals surface area contributed by atoms with Crippen LogP contribution < -0.4 is 0 Å². The molecule has 0 spiro atoms. The molecule has 1 rings (SSSR count). The van der Waals surface area contributed by atoms with E-state index in [9.17, 15) is 4.79 Å². The molecule has 1 saturated heterocycles. The van der Waals surface area contributed by atoms with Crippen LogP contribution >= 0.6 is 0 Å². The van der Waals surface area contributed by atoms with Gasteiger partial charge in [0, 0.05) is 19.6 Å². The molecule has 1 aliphatic rings. The van der Waals surface area contributed by atoms with E-state index >= 15 is 0 Å². The van der Waals surface area contributed by atoms with Crippen LogP contribution in [0.2, 0.25) is 0 Å². The van der Waals surface area contributed by atoms with Gasteiger partial charge in [-0.1, -0.05) is 6.92 Å². The summed E-state index contributed by atoms with van der Waals surface area (Å²) < 4.78 is 0. The molecule has 3 heteroatoms. The number of carbonyl (C=O) groups excluding carboxylic acids is 1. The lowest BCUT2D eigenvalue weighted by atomic mass is 10.2. The summed E-state index contributed by atoms with van der Waals surface area (Å²) in [5.74, 6) is 0. The van der Waals surface area contributed by atoms with Crippen LogP contribution in [0.1, 0.15) is 27.2 Å². The van der Waals surface area contributed by atoms with Gasteiger partial charge >= 0.3 is 6.03 Å². The van der Waals surface area contributed by atoms with Crippen LogP contribution in [-0.2, 0) is 0 Å². The van der Waals surface area contributed by atoms with E-state index in [0.717, 1.165) is 13.0 Å². The average Bonchev–Trinajstić information content (AvgIpc) is 2.30. The maximum absolute atomic E-state index is 11.6. The molecule has 0 aromatic heterocycles. The molecule has 1 heterocycles. The second-order valence-corrected chi connectivity index (χ2v) is 3.70. The van der Waals surface area contributed by atoms with E-state index in [-0.39, 0.29) is 6.03 Å². The third-order valence-electron chi connectivity index (χ3n) is 2.60. The fourth-order valence-electron chi connectivity index (χ4n) is 1.62. The van der Waals surface area contributed by atoms with E-state index < -0.39 is 0 Å². The van der Waals surface area contributed by atoms with Crippen molar-refractivity contribution in [1.29, 1.82) is 0 Å². The lowest BCUT2D eigenvalue weighted by molar-refractivity contribution is 0.187. The van der Waals surface area contributed by atoms with E-state index in [1.165, 1.54) is 0 Å². The Morgan fingerprint density at radius 2 is 2.17 bits per heavy atom. The number of rotatable bonds is 2. The summed E-state index contributed by atoms with van der Waals surface area (Å²) in [5, 5.41) is 0. The second kappa shape index (κ2) is 3.33. The Morgan fingerprint density at radius 3 is 2.42 bits per heavy atom. The van der Waals surface area contributed by atoms with Crippen molar-refractivity contribution in [2.24, 2.45) is 0 Å². The largest absolute Gasteiger partial charge is 0.323 e. The minimum absolute atomic E-state index is 0.178. The monoisotopic (exact) mass is 170 g/mol. The van der Waals surface area contributed by atoms with Crippen LogP contribution in [0, 0.1) is 0 Å². The van der Waals surface area contributed by atoms with E-state index in [4.69, 9.17) is 0 Å². The van der Waals surface area contributed by atoms with Gasteiger partial charge in [-0.25, -0.2) is 4.79 Å². The van der Waals surface area contributed by atoms with Gasteiger partial charge in [0.15, 0.2) is 0 Å². The lowest BCUT2D eigenvalue weighted by Crippen LogP contribution is -2.34. The summed E-state index contributed by atoms with van der Waals surface area (Å²) in [5.41, 5.74) is 0. The first kappa shape index (κ1) is 9.36. The highest BCUT2D eigenvalue weighted by atomic mass is 16.2. The number of carbonyl (C=O) groups is 1. The van der Waals surface area contributed by atoms with Crippen LogP contribution in [0.3, 0.4) is 0 Å². The van der Waals surface area contributed by atoms with E-state index in [2.05, 4.69) is 20.8 Å². The molecule has 1 unspecified atom stereocenters. The van der Waals surface area contributed by atoms with Crippen LogP contribution in [0.5, 0.6) is 0 Å². The van der Waals surface area contributed by atoms with Crippen LogP contribution in [0.4, 0.5) is 4.79 Å². The molecule has 0 saturated carbocycles. The quantitative estimate of drug-likeness (QED) is 0.616. The molecular weight excluding hydrogens is 152 g/mol. The predicted molar refractivity (Wildman–Crippen MR) is 49.1 cm³/mol. The normalized spacial score (nSPS) is 24.4. The Kier molecular flexibility index (Phi) is 2.60. The van der Waals surface area contributed by atoms with Crippen molar-refractivity contribution in [3.8, 4) is 0 Å². The van der Waals surface area contributed by atoms with Crippen LogP contribution in [0.15, 0.2) is 0 Å². The molecule has 70 valence electrons. The summed E-state index contributed by atoms with van der Waals surface area (Å²) >= 11 is 0. The molecule has 2 amide bonds. The molecule has 1 aliphatic heterocycles. The first-order valence-electron chi connectivity index (χ1n) is 4.61. The number of amides is 2. The number of urea groups is 1. The zero-order chi connectivity index (χ0) is 9.30. The Morgan fingerprint density at radius 1 is 1.58 bits per heavy atom. The van der Waals surface area contributed by atoms with Crippen LogP contribution in [0.25, 0.3) is 0 Å². The van der Waals surface area contributed by atoms with Crippen molar-refractivity contribution < 1.29 is 4.79 Å². The van der Waals surface area contributed by atoms with Gasteiger partial charge < -0.3 is 9.80 Å². The van der Waals surface area contributed by atoms with Gasteiger partial charge in [0.05, 0.1) is 6.04 Å². The number of nitrogens with zero attached hydrogens (tertiary/aromatic N) is 2. The highest BCUT2D eigenvalue weighted by molar-refractivity contribution is 5.77. The maximum atomic E-state index is 11.6. The Bertz CT molecular complexity index is 179. The Labute approximate surface area is 74.3 Å². The van der Waals surface area contributed by atoms with Crippen molar-refractivity contribution in [3.05, 3.63) is 0 Å². The van der Waals surface area contributed by atoms with Gasteiger partial charge in [-0.2, -0.15) is 0 Å². The molecule has 12 heavy (non-hydrogen) atoms. The Hall–Kier alpha value is -0.730. The van der Waals surface area contributed by atoms with Gasteiger partial charge in [0.1, 0.15) is 0 Å². The van der Waals surface area contributed by atoms with Gasteiger partial charge in [-0.3, -0.25) is 0 Å². The minimum Gasteiger partial charge on any atom is -0.323 e. The summed E-state index contributed by atoms with van der Waals surface area (Å²) in [7, 11) is 1.89. The molecule has 0 aliphatic carbocycles. The highest BCUT2D eigenvalue weighted by Gasteiger charge is 2.34. The molecule has 1 atom stereocenters. The summed E-state index contributed by atoms with van der Waals surface area (Å²) in [6.45, 7) is 7.13. The zero-order valence-corrected chi connectivity index (χ0v) is 8.37. The zero-order valence-electron chi connectivity index (χ0n) is 8.37. The number of hydrogen-bond acceptors (Lipinski definition) is 1. The van der Waals surface area contributed by atoms with Crippen molar-refractivity contribution in [3.63, 3.8) is 0 Å². The molecule has 3 nitrogen and oxygen atoms in total. The topological polar surface area (TPSA) is 23.6 Å². The van der Waals surface area contributed by atoms with E-state index in [1.54, 1.807) is 0 Å². The smallest absolute Gasteiger partial charge is 0.320 e. The lowest BCUT2D eigenvalue weighted by Gasteiger charge is -2.19. The molecule has 0 bridgehead atoms. The van der Waals surface area contributed by atoms with Crippen LogP contribution in [-0.4, -0.2) is 41.5 Å². The van der Waals surface area contributed by atoms with Gasteiger partial charge in [0.2, 0.25) is 0 Å². The predicted octanol–water partition coefficient (Wildman–Crippen LogP) is 1.54. The first-order chi connectivity index (χ1) is 5.57. The summed E-state index contributed by atoms with van der Waals surface area (Å²) in [4.78, 5) is 15.3. The molecule has 0 N–H and O–H groups in total. The average molecular weight is 170 g/mol. The van der Waals surface area contributed by atoms with Crippen molar-refractivity contribution in [1.82, 2.24) is 9.80 Å². The fourth-order valence-corrected chi connectivity index (χ4v) is 1.62. The third kappa shape index (κ3) is 1.40. The standard InChI is InChI=1S/C9H18N2O/c1-5-8-6-11(7(2)3)9(12)10(8)4/h7-8H,5-6H2,1-4H3. The maximum Gasteiger partial charge on any atom is 0.320 e. The summed E-state index contributed by atoms with van der Waals surface area (Å²) in [6.07, 6.45) is 1.05. The Balaban J connectivity index is 2.67. The highest BCUT2D eigenvalue weighted by Crippen LogP contribution is 2.18. The van der Waals surface area contributed by atoms with E-state index in [0.29, 0.717) is 12.1 Å². The van der Waals surface area contributed by atoms with Gasteiger partial charge in [-0.15, -0.1) is 0 Å². The van der Waals surface area contributed by atoms with Gasteiger partial charge in [0.25, 0.3) is 0 Å². The van der Waals surface area contributed by atoms with Gasteiger partial charge in [-0.05, 0) is 20.3 Å². The van der Waals surface area contributed by atoms with E-state index in [1.807, 2.05) is 16.8 Å². The first-order valence-corrected chi connectivity index (χ1v) is 4.61. The fraction of sp³-hybridized carbons (Fsp3) is 0.889. The summed E-state index contributed by atoms with van der Waals surface area (Å²) in [6, 6.07) is 0.924. The minimum atomic E-state index is 0.178. The number of hydrogen-bond donors (Lipinski definition) is 0.